The molecule has 0 radical (unpaired) electrons. The van der Waals surface area contributed by atoms with Crippen molar-refractivity contribution < 1.29 is 38.7 Å². The van der Waals surface area contributed by atoms with Crippen molar-refractivity contribution in [3.8, 4) is 0 Å². The van der Waals surface area contributed by atoms with E-state index in [-0.39, 0.29) is 5.76 Å². The molecule has 9 nitrogen and oxygen atoms in total. The fourth-order valence-corrected chi connectivity index (χ4v) is 2.39. The molecule has 0 amide bonds. The van der Waals surface area contributed by atoms with Crippen LogP contribution in [0.2, 0.25) is 0 Å². The third-order valence-corrected chi connectivity index (χ3v) is 3.46. The normalized spacial score (nSPS) is 28.3. The quantitative estimate of drug-likeness (QED) is 0.610. The van der Waals surface area contributed by atoms with E-state index in [9.17, 15) is 19.8 Å². The lowest BCUT2D eigenvalue weighted by atomic mass is 9.95. The second-order valence-electron chi connectivity index (χ2n) is 5.19. The van der Waals surface area contributed by atoms with Gasteiger partial charge in [-0.3, -0.25) is 4.79 Å². The first-order valence-electron chi connectivity index (χ1n) is 7.00. The fourth-order valence-electron chi connectivity index (χ4n) is 2.39. The molecule has 2 aliphatic heterocycles. The summed E-state index contributed by atoms with van der Waals surface area (Å²) in [5, 5.41) is 20.2. The Balaban J connectivity index is 2.16. The fraction of sp³-hybridized carbons (Fsp3) is 0.643. The molecule has 23 heavy (non-hydrogen) atoms. The molecular weight excluding hydrogens is 310 g/mol. The van der Waals surface area contributed by atoms with Crippen LogP contribution in [0.25, 0.3) is 0 Å². The van der Waals surface area contributed by atoms with Gasteiger partial charge in [-0.05, 0) is 0 Å². The number of aliphatic hydroxyl groups is 2. The molecule has 0 saturated heterocycles. The molecule has 0 aliphatic carbocycles. The molecule has 9 heteroatoms. The highest BCUT2D eigenvalue weighted by atomic mass is 16.6. The molecule has 2 aliphatic rings. The van der Waals surface area contributed by atoms with Crippen molar-refractivity contribution in [3.63, 3.8) is 0 Å². The molecule has 0 aromatic heterocycles. The van der Waals surface area contributed by atoms with E-state index in [1.54, 1.807) is 6.92 Å². The minimum Gasteiger partial charge on any atom is -0.478 e. The predicted molar refractivity (Wildman–Crippen MR) is 75.4 cm³/mol. The molecule has 0 aromatic rings. The van der Waals surface area contributed by atoms with Crippen molar-refractivity contribution in [1.29, 1.82) is 0 Å². The number of fused-ring (bicyclic) bond motifs is 1. The zero-order valence-electron chi connectivity index (χ0n) is 13.0. The summed E-state index contributed by atoms with van der Waals surface area (Å²) in [7, 11) is 1.19. The minimum absolute atomic E-state index is 0.137. The highest BCUT2D eigenvalue weighted by Gasteiger charge is 2.47. The zero-order chi connectivity index (χ0) is 17.1. The van der Waals surface area contributed by atoms with Gasteiger partial charge in [0, 0.05) is 19.9 Å². The number of aliphatic imine (C=N–C) groups is 1. The Labute approximate surface area is 132 Å². The molecular formula is C14H19NO8. The highest BCUT2D eigenvalue weighted by molar-refractivity contribution is 5.87. The summed E-state index contributed by atoms with van der Waals surface area (Å²) >= 11 is 0. The summed E-state index contributed by atoms with van der Waals surface area (Å²) < 4.78 is 20.2. The number of aliphatic hydroxyl groups excluding tert-OH is 2. The Bertz CT molecular complexity index is 543. The third kappa shape index (κ3) is 3.80. The monoisotopic (exact) mass is 329 g/mol. The number of carbonyl (C=O) groups excluding carboxylic acids is 2. The van der Waals surface area contributed by atoms with E-state index in [2.05, 4.69) is 14.5 Å². The number of methoxy groups -OCH3 is 1. The van der Waals surface area contributed by atoms with Gasteiger partial charge in [-0.25, -0.2) is 9.79 Å². The molecule has 0 saturated carbocycles. The second-order valence-corrected chi connectivity index (χ2v) is 5.19. The van der Waals surface area contributed by atoms with Crippen LogP contribution in [-0.4, -0.2) is 72.2 Å². The first-order valence-corrected chi connectivity index (χ1v) is 7.00. The maximum Gasteiger partial charge on any atom is 0.373 e. The number of nitrogens with zero attached hydrogens (tertiary/aromatic N) is 1. The molecule has 0 aromatic carbocycles. The van der Waals surface area contributed by atoms with Crippen LogP contribution in [0.4, 0.5) is 0 Å². The van der Waals surface area contributed by atoms with Crippen molar-refractivity contribution in [2.75, 3.05) is 13.7 Å². The molecule has 0 fully saturated rings. The Morgan fingerprint density at radius 3 is 2.70 bits per heavy atom. The van der Waals surface area contributed by atoms with Crippen LogP contribution in [0.1, 0.15) is 13.8 Å². The Kier molecular flexibility index (Phi) is 5.22. The molecule has 5 atom stereocenters. The SMILES string of the molecule is COC(=O)C1=C[C@@H]2OC(C)=N[C@H]2[C@H]([C@H](O)[C@H](O)COC(C)=O)O1. The molecule has 2 N–H and O–H groups in total. The van der Waals surface area contributed by atoms with Crippen LogP contribution < -0.4 is 0 Å². The smallest absolute Gasteiger partial charge is 0.373 e. The summed E-state index contributed by atoms with van der Waals surface area (Å²) in [5.41, 5.74) is 0. The number of ether oxygens (including phenoxy) is 4. The van der Waals surface area contributed by atoms with Crippen LogP contribution in [0.5, 0.6) is 0 Å². The number of hydrogen-bond donors (Lipinski definition) is 2. The first-order chi connectivity index (χ1) is 10.8. The van der Waals surface area contributed by atoms with Gasteiger partial charge in [0.1, 0.15) is 31.0 Å². The Morgan fingerprint density at radius 2 is 2.09 bits per heavy atom. The lowest BCUT2D eigenvalue weighted by Gasteiger charge is -2.34. The topological polar surface area (TPSA) is 124 Å². The lowest BCUT2D eigenvalue weighted by Crippen LogP contribution is -2.52. The van der Waals surface area contributed by atoms with Gasteiger partial charge in [0.05, 0.1) is 7.11 Å². The van der Waals surface area contributed by atoms with Gasteiger partial charge in [-0.15, -0.1) is 0 Å². The van der Waals surface area contributed by atoms with Gasteiger partial charge < -0.3 is 29.2 Å². The molecule has 0 bridgehead atoms. The highest BCUT2D eigenvalue weighted by Crippen LogP contribution is 2.30. The van der Waals surface area contributed by atoms with E-state index in [4.69, 9.17) is 9.47 Å². The number of esters is 2. The van der Waals surface area contributed by atoms with E-state index in [1.165, 1.54) is 20.1 Å². The maximum absolute atomic E-state index is 11.7. The first kappa shape index (κ1) is 17.2. The Morgan fingerprint density at radius 1 is 1.39 bits per heavy atom. The third-order valence-electron chi connectivity index (χ3n) is 3.46. The summed E-state index contributed by atoms with van der Waals surface area (Å²) in [6.45, 7) is 2.40. The average molecular weight is 329 g/mol. The van der Waals surface area contributed by atoms with E-state index in [0.717, 1.165) is 0 Å². The lowest BCUT2D eigenvalue weighted by molar-refractivity contribution is -0.155. The molecule has 0 unspecified atom stereocenters. The second kappa shape index (κ2) is 6.97. The van der Waals surface area contributed by atoms with E-state index in [0.29, 0.717) is 5.90 Å². The average Bonchev–Trinajstić information content (AvgIpc) is 2.89. The van der Waals surface area contributed by atoms with E-state index < -0.39 is 49.0 Å². The number of hydrogen-bond acceptors (Lipinski definition) is 9. The van der Waals surface area contributed by atoms with Crippen LogP contribution in [0.3, 0.4) is 0 Å². The van der Waals surface area contributed by atoms with Crippen molar-refractivity contribution >= 4 is 17.8 Å². The van der Waals surface area contributed by atoms with Crippen LogP contribution in [0, 0.1) is 0 Å². The van der Waals surface area contributed by atoms with Crippen LogP contribution >= 0.6 is 0 Å². The van der Waals surface area contributed by atoms with Crippen molar-refractivity contribution in [1.82, 2.24) is 0 Å². The minimum atomic E-state index is -1.45. The summed E-state index contributed by atoms with van der Waals surface area (Å²) in [5.74, 6) is -1.09. The summed E-state index contributed by atoms with van der Waals surface area (Å²) in [6.07, 6.45) is -3.11. The molecule has 128 valence electrons. The Hall–Kier alpha value is -2.13. The van der Waals surface area contributed by atoms with E-state index in [1.807, 2.05) is 0 Å². The van der Waals surface area contributed by atoms with Gasteiger partial charge in [0.2, 0.25) is 5.76 Å². The molecule has 2 heterocycles. The molecule has 0 spiro atoms. The van der Waals surface area contributed by atoms with Crippen LogP contribution in [-0.2, 0) is 28.5 Å². The standard InChI is InChI=1S/C14H19NO8/c1-6-15-11-9(22-6)4-10(14(19)20-3)23-13(11)12(18)8(17)5-21-7(2)16/h4,8-9,11-13,17-18H,5H2,1-3H3/t8-,9+,11-,12-,13-/m1/s1. The van der Waals surface area contributed by atoms with Gasteiger partial charge in [-0.2, -0.15) is 0 Å². The zero-order valence-corrected chi connectivity index (χ0v) is 13.0. The summed E-state index contributed by atoms with van der Waals surface area (Å²) in [6, 6.07) is -0.634. The van der Waals surface area contributed by atoms with Crippen molar-refractivity contribution in [2.24, 2.45) is 4.99 Å². The van der Waals surface area contributed by atoms with Gasteiger partial charge in [0.15, 0.2) is 12.0 Å². The summed E-state index contributed by atoms with van der Waals surface area (Å²) in [4.78, 5) is 26.7. The van der Waals surface area contributed by atoms with Gasteiger partial charge >= 0.3 is 11.9 Å². The van der Waals surface area contributed by atoms with Crippen molar-refractivity contribution in [3.05, 3.63) is 11.8 Å². The molecule has 2 rings (SSSR count). The number of rotatable bonds is 5. The van der Waals surface area contributed by atoms with Gasteiger partial charge in [0.25, 0.3) is 0 Å². The predicted octanol–water partition coefficient (Wildman–Crippen LogP) is -1.09. The van der Waals surface area contributed by atoms with Gasteiger partial charge in [-0.1, -0.05) is 0 Å². The van der Waals surface area contributed by atoms with E-state index >= 15 is 0 Å². The van der Waals surface area contributed by atoms with Crippen molar-refractivity contribution in [2.45, 2.75) is 44.3 Å². The maximum atomic E-state index is 11.7. The number of carbonyl (C=O) groups is 2. The largest absolute Gasteiger partial charge is 0.478 e. The van der Waals surface area contributed by atoms with Crippen LogP contribution in [0.15, 0.2) is 16.8 Å².